The van der Waals surface area contributed by atoms with Crippen molar-refractivity contribution in [3.63, 3.8) is 0 Å². The van der Waals surface area contributed by atoms with Crippen molar-refractivity contribution in [2.75, 3.05) is 10.6 Å². The molecule has 0 unspecified atom stereocenters. The van der Waals surface area contributed by atoms with Gasteiger partial charge in [-0.2, -0.15) is 0 Å². The molecule has 0 aliphatic rings. The average Bonchev–Trinajstić information content (AvgIpc) is 2.43. The third-order valence-corrected chi connectivity index (χ3v) is 2.54. The number of phenolic OH excluding ortho intramolecular Hbond substituents is 1. The largest absolute Gasteiger partial charge is 0.506 e. The van der Waals surface area contributed by atoms with Crippen molar-refractivity contribution in [1.29, 1.82) is 0 Å². The maximum atomic E-state index is 12.7. The Morgan fingerprint density at radius 3 is 2.38 bits per heavy atom. The summed E-state index contributed by atoms with van der Waals surface area (Å²) < 4.78 is 12.7. The topological polar surface area (TPSA) is 104 Å². The molecule has 3 N–H and O–H groups in total. The quantitative estimate of drug-likeness (QED) is 0.459. The molecule has 108 valence electrons. The summed E-state index contributed by atoms with van der Waals surface area (Å²) in [6, 6.07) is 7.69. The highest BCUT2D eigenvalue weighted by Gasteiger charge is 2.12. The van der Waals surface area contributed by atoms with Crippen molar-refractivity contribution in [2.45, 2.75) is 0 Å². The van der Waals surface area contributed by atoms with Gasteiger partial charge in [0.1, 0.15) is 11.6 Å². The van der Waals surface area contributed by atoms with Gasteiger partial charge in [-0.25, -0.2) is 9.18 Å². The highest BCUT2D eigenvalue weighted by atomic mass is 19.1. The van der Waals surface area contributed by atoms with Crippen LogP contribution in [0.3, 0.4) is 0 Å². The van der Waals surface area contributed by atoms with Crippen molar-refractivity contribution in [3.05, 3.63) is 58.4 Å². The second-order valence-corrected chi connectivity index (χ2v) is 4.04. The van der Waals surface area contributed by atoms with E-state index in [1.54, 1.807) is 0 Å². The smallest absolute Gasteiger partial charge is 0.323 e. The SMILES string of the molecule is O=C(Nc1ccc(F)cc1)Nc1ccc([N+](=O)[O-])cc1O. The zero-order valence-corrected chi connectivity index (χ0v) is 10.5. The number of halogens is 1. The highest BCUT2D eigenvalue weighted by Crippen LogP contribution is 2.27. The molecule has 2 aromatic rings. The number of nitrogens with one attached hydrogen (secondary N) is 2. The molecule has 0 radical (unpaired) electrons. The van der Waals surface area contributed by atoms with Crippen LogP contribution in [0.1, 0.15) is 0 Å². The lowest BCUT2D eigenvalue weighted by molar-refractivity contribution is -0.384. The Bertz CT molecular complexity index is 688. The van der Waals surface area contributed by atoms with E-state index >= 15 is 0 Å². The van der Waals surface area contributed by atoms with Crippen molar-refractivity contribution in [3.8, 4) is 5.75 Å². The molecule has 0 aliphatic carbocycles. The Hall–Kier alpha value is -3.16. The first-order valence-electron chi connectivity index (χ1n) is 5.76. The van der Waals surface area contributed by atoms with E-state index in [-0.39, 0.29) is 11.4 Å². The van der Waals surface area contributed by atoms with Crippen molar-refractivity contribution in [2.24, 2.45) is 0 Å². The number of amides is 2. The lowest BCUT2D eigenvalue weighted by atomic mass is 10.2. The fourth-order valence-electron chi connectivity index (χ4n) is 1.56. The minimum Gasteiger partial charge on any atom is -0.506 e. The predicted octanol–water partition coefficient (Wildman–Crippen LogP) is 3.08. The summed E-state index contributed by atoms with van der Waals surface area (Å²) in [5, 5.41) is 24.9. The zero-order valence-electron chi connectivity index (χ0n) is 10.5. The number of nitrogens with zero attached hydrogens (tertiary/aromatic N) is 1. The highest BCUT2D eigenvalue weighted by molar-refractivity contribution is 6.00. The molecule has 21 heavy (non-hydrogen) atoms. The van der Waals surface area contributed by atoms with Crippen LogP contribution in [0.4, 0.5) is 26.2 Å². The number of hydrogen-bond acceptors (Lipinski definition) is 4. The van der Waals surface area contributed by atoms with Gasteiger partial charge in [-0.05, 0) is 30.3 Å². The first-order valence-corrected chi connectivity index (χ1v) is 5.76. The van der Waals surface area contributed by atoms with Crippen LogP contribution in [-0.2, 0) is 0 Å². The monoisotopic (exact) mass is 291 g/mol. The minimum atomic E-state index is -0.675. The molecule has 8 heteroatoms. The lowest BCUT2D eigenvalue weighted by Gasteiger charge is -2.08. The number of nitro groups is 1. The number of hydrogen-bond donors (Lipinski definition) is 3. The number of rotatable bonds is 3. The molecule has 0 aliphatic heterocycles. The van der Waals surface area contributed by atoms with Crippen LogP contribution in [0.2, 0.25) is 0 Å². The summed E-state index contributed by atoms with van der Waals surface area (Å²) in [6.45, 7) is 0. The van der Waals surface area contributed by atoms with Crippen LogP contribution in [0.25, 0.3) is 0 Å². The maximum Gasteiger partial charge on any atom is 0.323 e. The molecule has 0 heterocycles. The van der Waals surface area contributed by atoms with E-state index in [0.717, 1.165) is 12.1 Å². The number of carbonyl (C=O) groups excluding carboxylic acids is 1. The molecule has 0 saturated heterocycles. The van der Waals surface area contributed by atoms with Crippen LogP contribution < -0.4 is 10.6 Å². The van der Waals surface area contributed by atoms with Gasteiger partial charge >= 0.3 is 6.03 Å². The van der Waals surface area contributed by atoms with E-state index in [4.69, 9.17) is 0 Å². The van der Waals surface area contributed by atoms with Gasteiger partial charge in [0.15, 0.2) is 0 Å². The number of urea groups is 1. The number of phenols is 1. The third-order valence-electron chi connectivity index (χ3n) is 2.54. The summed E-state index contributed by atoms with van der Waals surface area (Å²) >= 11 is 0. The number of nitro benzene ring substituents is 1. The molecular formula is C13H10FN3O4. The van der Waals surface area contributed by atoms with E-state index in [1.165, 1.54) is 30.3 Å². The molecule has 0 saturated carbocycles. The number of aromatic hydroxyl groups is 1. The van der Waals surface area contributed by atoms with Crippen molar-refractivity contribution < 1.29 is 19.2 Å². The first-order chi connectivity index (χ1) is 9.95. The van der Waals surface area contributed by atoms with Gasteiger partial charge in [-0.1, -0.05) is 0 Å². The molecular weight excluding hydrogens is 281 g/mol. The standard InChI is InChI=1S/C13H10FN3O4/c14-8-1-3-9(4-2-8)15-13(19)16-11-6-5-10(17(20)21)7-12(11)18/h1-7,18H,(H2,15,16,19). The summed E-state index contributed by atoms with van der Waals surface area (Å²) in [5.74, 6) is -0.868. The first kappa shape index (κ1) is 14.3. The maximum absolute atomic E-state index is 12.7. The molecule has 0 aromatic heterocycles. The number of benzene rings is 2. The average molecular weight is 291 g/mol. The summed E-state index contributed by atoms with van der Waals surface area (Å²) in [6.07, 6.45) is 0. The molecule has 0 spiro atoms. The van der Waals surface area contributed by atoms with Crippen LogP contribution in [0, 0.1) is 15.9 Å². The van der Waals surface area contributed by atoms with Crippen LogP contribution in [0.15, 0.2) is 42.5 Å². The Morgan fingerprint density at radius 2 is 1.81 bits per heavy atom. The molecule has 0 atom stereocenters. The summed E-state index contributed by atoms with van der Waals surface area (Å²) in [7, 11) is 0. The Morgan fingerprint density at radius 1 is 1.14 bits per heavy atom. The fourth-order valence-corrected chi connectivity index (χ4v) is 1.56. The Balaban J connectivity index is 2.06. The van der Waals surface area contributed by atoms with Crippen molar-refractivity contribution >= 4 is 23.1 Å². The van der Waals surface area contributed by atoms with Gasteiger partial charge in [0, 0.05) is 11.8 Å². The van der Waals surface area contributed by atoms with E-state index in [1.807, 2.05) is 0 Å². The summed E-state index contributed by atoms with van der Waals surface area (Å²) in [5.41, 5.74) is 0.0764. The van der Waals surface area contributed by atoms with E-state index in [0.29, 0.717) is 5.69 Å². The third kappa shape index (κ3) is 3.66. The van der Waals surface area contributed by atoms with E-state index in [2.05, 4.69) is 10.6 Å². The van der Waals surface area contributed by atoms with Crippen LogP contribution >= 0.6 is 0 Å². The molecule has 2 amide bonds. The number of non-ortho nitro benzene ring substituents is 1. The molecule has 2 aromatic carbocycles. The zero-order chi connectivity index (χ0) is 15.4. The van der Waals surface area contributed by atoms with Crippen LogP contribution in [0.5, 0.6) is 5.75 Å². The fraction of sp³-hybridized carbons (Fsp3) is 0. The van der Waals surface area contributed by atoms with Gasteiger partial charge in [-0.15, -0.1) is 0 Å². The van der Waals surface area contributed by atoms with Gasteiger partial charge in [0.25, 0.3) is 5.69 Å². The van der Waals surface area contributed by atoms with Gasteiger partial charge in [-0.3, -0.25) is 10.1 Å². The minimum absolute atomic E-state index is 0.0141. The van der Waals surface area contributed by atoms with Gasteiger partial charge < -0.3 is 15.7 Å². The van der Waals surface area contributed by atoms with Crippen LogP contribution in [-0.4, -0.2) is 16.1 Å². The molecule has 0 fully saturated rings. The normalized spacial score (nSPS) is 9.95. The Labute approximate surface area is 118 Å². The van der Waals surface area contributed by atoms with E-state index < -0.39 is 22.5 Å². The van der Waals surface area contributed by atoms with Gasteiger partial charge in [0.2, 0.25) is 0 Å². The van der Waals surface area contributed by atoms with Crippen molar-refractivity contribution in [1.82, 2.24) is 0 Å². The molecule has 0 bridgehead atoms. The van der Waals surface area contributed by atoms with E-state index in [9.17, 15) is 24.4 Å². The predicted molar refractivity (Wildman–Crippen MR) is 73.8 cm³/mol. The van der Waals surface area contributed by atoms with Gasteiger partial charge in [0.05, 0.1) is 16.7 Å². The molecule has 7 nitrogen and oxygen atoms in total. The lowest BCUT2D eigenvalue weighted by Crippen LogP contribution is -2.19. The Kier molecular flexibility index (Phi) is 3.98. The second-order valence-electron chi connectivity index (χ2n) is 4.04. The number of anilines is 2. The molecule has 2 rings (SSSR count). The number of carbonyl (C=O) groups is 1. The summed E-state index contributed by atoms with van der Waals surface area (Å²) in [4.78, 5) is 21.5. The second kappa shape index (κ2) is 5.87.